The summed E-state index contributed by atoms with van der Waals surface area (Å²) < 4.78 is 23.4. The standard InChI is InChI=1S/C11H16FNO3/c1-11(14,6-10(15-2)16-3)8-4-5-13-7-9(8)12/h4-5,7,10,14H,6H2,1-3H3. The number of hydrogen-bond acceptors (Lipinski definition) is 4. The van der Waals surface area contributed by atoms with Crippen molar-refractivity contribution in [1.29, 1.82) is 0 Å². The van der Waals surface area contributed by atoms with E-state index in [0.717, 1.165) is 6.20 Å². The van der Waals surface area contributed by atoms with Crippen LogP contribution >= 0.6 is 0 Å². The van der Waals surface area contributed by atoms with Crippen LogP contribution in [-0.4, -0.2) is 30.6 Å². The van der Waals surface area contributed by atoms with Gasteiger partial charge in [0.05, 0.1) is 11.8 Å². The van der Waals surface area contributed by atoms with E-state index in [9.17, 15) is 9.50 Å². The van der Waals surface area contributed by atoms with Crippen molar-refractivity contribution in [3.05, 3.63) is 29.8 Å². The van der Waals surface area contributed by atoms with E-state index in [4.69, 9.17) is 9.47 Å². The fourth-order valence-corrected chi connectivity index (χ4v) is 1.51. The SMILES string of the molecule is COC(CC(C)(O)c1ccncc1F)OC. The summed E-state index contributed by atoms with van der Waals surface area (Å²) in [4.78, 5) is 3.63. The number of pyridine rings is 1. The molecular formula is C11H16FNO3. The molecule has 4 nitrogen and oxygen atoms in total. The van der Waals surface area contributed by atoms with Gasteiger partial charge in [-0.25, -0.2) is 4.39 Å². The van der Waals surface area contributed by atoms with Gasteiger partial charge in [0, 0.05) is 32.4 Å². The lowest BCUT2D eigenvalue weighted by atomic mass is 9.92. The fourth-order valence-electron chi connectivity index (χ4n) is 1.51. The first kappa shape index (κ1) is 13.0. The first-order chi connectivity index (χ1) is 7.51. The predicted molar refractivity (Wildman–Crippen MR) is 56.2 cm³/mol. The molecule has 1 rings (SSSR count). The molecule has 1 aromatic rings. The van der Waals surface area contributed by atoms with Crippen LogP contribution in [0.2, 0.25) is 0 Å². The van der Waals surface area contributed by atoms with Crippen molar-refractivity contribution in [2.24, 2.45) is 0 Å². The van der Waals surface area contributed by atoms with Crippen molar-refractivity contribution >= 4 is 0 Å². The Morgan fingerprint density at radius 2 is 2.12 bits per heavy atom. The molecule has 0 saturated heterocycles. The van der Waals surface area contributed by atoms with Crippen LogP contribution in [0.25, 0.3) is 0 Å². The molecule has 5 heteroatoms. The molecule has 1 unspecified atom stereocenters. The Bertz CT molecular complexity index is 340. The van der Waals surface area contributed by atoms with E-state index in [1.54, 1.807) is 0 Å². The highest BCUT2D eigenvalue weighted by atomic mass is 19.1. The third-order valence-electron chi connectivity index (χ3n) is 2.44. The van der Waals surface area contributed by atoms with Gasteiger partial charge in [-0.15, -0.1) is 0 Å². The molecule has 0 radical (unpaired) electrons. The van der Waals surface area contributed by atoms with Crippen LogP contribution in [0.3, 0.4) is 0 Å². The summed E-state index contributed by atoms with van der Waals surface area (Å²) in [5, 5.41) is 10.2. The van der Waals surface area contributed by atoms with E-state index in [2.05, 4.69) is 4.98 Å². The normalized spacial score (nSPS) is 15.1. The zero-order valence-electron chi connectivity index (χ0n) is 9.61. The Morgan fingerprint density at radius 1 is 1.50 bits per heavy atom. The largest absolute Gasteiger partial charge is 0.385 e. The third-order valence-corrected chi connectivity index (χ3v) is 2.44. The van der Waals surface area contributed by atoms with Crippen LogP contribution in [0.1, 0.15) is 18.9 Å². The van der Waals surface area contributed by atoms with Crippen molar-refractivity contribution in [1.82, 2.24) is 4.98 Å². The summed E-state index contributed by atoms with van der Waals surface area (Å²) in [5.41, 5.74) is -1.18. The van der Waals surface area contributed by atoms with Gasteiger partial charge >= 0.3 is 0 Å². The van der Waals surface area contributed by atoms with Crippen molar-refractivity contribution in [2.75, 3.05) is 14.2 Å². The number of methoxy groups -OCH3 is 2. The highest BCUT2D eigenvalue weighted by Crippen LogP contribution is 2.28. The van der Waals surface area contributed by atoms with Gasteiger partial charge in [-0.2, -0.15) is 0 Å². The Labute approximate surface area is 94.0 Å². The molecule has 0 aromatic carbocycles. The average molecular weight is 229 g/mol. The van der Waals surface area contributed by atoms with Gasteiger partial charge in [0.2, 0.25) is 0 Å². The van der Waals surface area contributed by atoms with Crippen LogP contribution < -0.4 is 0 Å². The van der Waals surface area contributed by atoms with Gasteiger partial charge < -0.3 is 14.6 Å². The number of halogens is 1. The minimum Gasteiger partial charge on any atom is -0.385 e. The summed E-state index contributed by atoms with van der Waals surface area (Å²) in [7, 11) is 2.93. The molecule has 1 atom stereocenters. The van der Waals surface area contributed by atoms with E-state index >= 15 is 0 Å². The lowest BCUT2D eigenvalue weighted by molar-refractivity contribution is -0.142. The van der Waals surface area contributed by atoms with E-state index in [1.807, 2.05) is 0 Å². The second-order valence-corrected chi connectivity index (χ2v) is 3.73. The molecule has 0 saturated carbocycles. The molecule has 0 amide bonds. The summed E-state index contributed by atoms with van der Waals surface area (Å²) >= 11 is 0. The number of nitrogens with zero attached hydrogens (tertiary/aromatic N) is 1. The van der Waals surface area contributed by atoms with Crippen molar-refractivity contribution in [2.45, 2.75) is 25.2 Å². The Hall–Kier alpha value is -1.04. The van der Waals surface area contributed by atoms with E-state index in [-0.39, 0.29) is 12.0 Å². The van der Waals surface area contributed by atoms with Crippen LogP contribution in [-0.2, 0) is 15.1 Å². The van der Waals surface area contributed by atoms with Crippen LogP contribution in [0.4, 0.5) is 4.39 Å². The summed E-state index contributed by atoms with van der Waals surface area (Å²) in [6, 6.07) is 1.44. The molecule has 0 fully saturated rings. The summed E-state index contributed by atoms with van der Waals surface area (Å²) in [5.74, 6) is -0.543. The number of ether oxygens (including phenoxy) is 2. The zero-order valence-corrected chi connectivity index (χ0v) is 9.61. The zero-order chi connectivity index (χ0) is 12.2. The molecule has 90 valence electrons. The van der Waals surface area contributed by atoms with Gasteiger partial charge in [-0.05, 0) is 13.0 Å². The molecule has 1 heterocycles. The average Bonchev–Trinajstić information content (AvgIpc) is 2.26. The number of hydrogen-bond donors (Lipinski definition) is 1. The fraction of sp³-hybridized carbons (Fsp3) is 0.545. The van der Waals surface area contributed by atoms with Gasteiger partial charge in [-0.1, -0.05) is 0 Å². The van der Waals surface area contributed by atoms with Gasteiger partial charge in [0.1, 0.15) is 5.82 Å². The Kier molecular flexibility index (Phi) is 4.35. The molecule has 0 spiro atoms. The maximum Gasteiger partial charge on any atom is 0.159 e. The van der Waals surface area contributed by atoms with Gasteiger partial charge in [-0.3, -0.25) is 4.98 Å². The van der Waals surface area contributed by atoms with Gasteiger partial charge in [0.15, 0.2) is 6.29 Å². The molecule has 1 N–H and O–H groups in total. The molecule has 0 bridgehead atoms. The van der Waals surface area contributed by atoms with Crippen LogP contribution in [0.5, 0.6) is 0 Å². The molecule has 16 heavy (non-hydrogen) atoms. The second kappa shape index (κ2) is 5.34. The van der Waals surface area contributed by atoms with Crippen LogP contribution in [0, 0.1) is 5.82 Å². The van der Waals surface area contributed by atoms with E-state index < -0.39 is 17.7 Å². The van der Waals surface area contributed by atoms with Crippen molar-refractivity contribution < 1.29 is 19.0 Å². The molecule has 0 aliphatic heterocycles. The highest BCUT2D eigenvalue weighted by Gasteiger charge is 2.30. The molecular weight excluding hydrogens is 213 g/mol. The number of rotatable bonds is 5. The topological polar surface area (TPSA) is 51.6 Å². The van der Waals surface area contributed by atoms with Gasteiger partial charge in [0.25, 0.3) is 0 Å². The van der Waals surface area contributed by atoms with Crippen LogP contribution in [0.15, 0.2) is 18.5 Å². The van der Waals surface area contributed by atoms with E-state index in [1.165, 1.54) is 33.4 Å². The monoisotopic (exact) mass is 229 g/mol. The lowest BCUT2D eigenvalue weighted by Gasteiger charge is -2.27. The first-order valence-electron chi connectivity index (χ1n) is 4.89. The quantitative estimate of drug-likeness (QED) is 0.776. The lowest BCUT2D eigenvalue weighted by Crippen LogP contribution is -2.30. The Balaban J connectivity index is 2.89. The predicted octanol–water partition coefficient (Wildman–Crippen LogP) is 1.44. The third kappa shape index (κ3) is 2.98. The van der Waals surface area contributed by atoms with E-state index in [0.29, 0.717) is 0 Å². The minimum atomic E-state index is -1.36. The second-order valence-electron chi connectivity index (χ2n) is 3.73. The highest BCUT2D eigenvalue weighted by molar-refractivity contribution is 5.20. The van der Waals surface area contributed by atoms with Crippen molar-refractivity contribution in [3.63, 3.8) is 0 Å². The smallest absolute Gasteiger partial charge is 0.159 e. The Morgan fingerprint density at radius 3 is 2.62 bits per heavy atom. The minimum absolute atomic E-state index is 0.140. The number of aromatic nitrogens is 1. The number of aliphatic hydroxyl groups is 1. The molecule has 0 aliphatic carbocycles. The first-order valence-corrected chi connectivity index (χ1v) is 4.89. The van der Waals surface area contributed by atoms with Crippen molar-refractivity contribution in [3.8, 4) is 0 Å². The summed E-state index contributed by atoms with van der Waals surface area (Å²) in [6.45, 7) is 1.51. The molecule has 1 aromatic heterocycles. The maximum atomic E-state index is 13.4. The maximum absolute atomic E-state index is 13.4. The summed E-state index contributed by atoms with van der Waals surface area (Å²) in [6.07, 6.45) is 2.06. The molecule has 0 aliphatic rings.